The van der Waals surface area contributed by atoms with Gasteiger partial charge in [0.25, 0.3) is 0 Å². The Bertz CT molecular complexity index is 1180. The van der Waals surface area contributed by atoms with Crippen LogP contribution in [0.25, 0.3) is 0 Å². The van der Waals surface area contributed by atoms with Crippen molar-refractivity contribution >= 4 is 27.5 Å². The first-order chi connectivity index (χ1) is 16.5. The van der Waals surface area contributed by atoms with Gasteiger partial charge in [-0.15, -0.1) is 0 Å². The third-order valence-corrected chi connectivity index (χ3v) is 7.61. The van der Waals surface area contributed by atoms with Gasteiger partial charge in [-0.25, -0.2) is 12.8 Å². The topological polar surface area (TPSA) is 86.8 Å². The molecule has 9 heteroatoms. The summed E-state index contributed by atoms with van der Waals surface area (Å²) < 4.78 is 41.0. The normalized spacial score (nSPS) is 15.0. The Morgan fingerprint density at radius 2 is 1.77 bits per heavy atom. The molecule has 35 heavy (non-hydrogen) atoms. The van der Waals surface area contributed by atoms with Gasteiger partial charge in [0.15, 0.2) is 0 Å². The molecule has 1 saturated carbocycles. The third kappa shape index (κ3) is 6.81. The standard InChI is InChI=1S/C26H34FN3O4S/c1-18-13-14-19(2)24(15-18)30(35(4,33)34)17-25(31)29(16-21-9-5-8-12-23(21)27)20(3)26(32)28-22-10-6-7-11-22/h5,8-9,12-15,20,22H,6-7,10-11,16-17H2,1-4H3,(H,28,32)/t20-/m1/s1. The lowest BCUT2D eigenvalue weighted by atomic mass is 10.1. The molecule has 0 spiro atoms. The molecule has 190 valence electrons. The molecule has 0 bridgehead atoms. The lowest BCUT2D eigenvalue weighted by Crippen LogP contribution is -2.52. The number of hydrogen-bond acceptors (Lipinski definition) is 4. The molecule has 1 aliphatic carbocycles. The summed E-state index contributed by atoms with van der Waals surface area (Å²) in [6.45, 7) is 4.54. The van der Waals surface area contributed by atoms with Gasteiger partial charge in [0.1, 0.15) is 18.4 Å². The van der Waals surface area contributed by atoms with Crippen molar-refractivity contribution in [2.24, 2.45) is 0 Å². The molecule has 1 N–H and O–H groups in total. The summed E-state index contributed by atoms with van der Waals surface area (Å²) in [5.41, 5.74) is 2.19. The fraction of sp³-hybridized carbons (Fsp3) is 0.462. The monoisotopic (exact) mass is 503 g/mol. The van der Waals surface area contributed by atoms with Crippen LogP contribution in [0.5, 0.6) is 0 Å². The highest BCUT2D eigenvalue weighted by molar-refractivity contribution is 7.92. The fourth-order valence-electron chi connectivity index (χ4n) is 4.37. The van der Waals surface area contributed by atoms with E-state index < -0.39 is 34.3 Å². The van der Waals surface area contributed by atoms with Crippen molar-refractivity contribution in [3.05, 3.63) is 65.0 Å². The number of nitrogens with one attached hydrogen (secondary N) is 1. The van der Waals surface area contributed by atoms with E-state index >= 15 is 0 Å². The van der Waals surface area contributed by atoms with Crippen LogP contribution in [0.4, 0.5) is 10.1 Å². The molecule has 1 fully saturated rings. The smallest absolute Gasteiger partial charge is 0.244 e. The summed E-state index contributed by atoms with van der Waals surface area (Å²) in [7, 11) is -3.82. The van der Waals surface area contributed by atoms with Crippen molar-refractivity contribution in [2.75, 3.05) is 17.1 Å². The Morgan fingerprint density at radius 1 is 1.11 bits per heavy atom. The maximum absolute atomic E-state index is 14.5. The predicted octanol–water partition coefficient (Wildman–Crippen LogP) is 3.68. The zero-order valence-corrected chi connectivity index (χ0v) is 21.6. The number of rotatable bonds is 9. The minimum atomic E-state index is -3.82. The van der Waals surface area contributed by atoms with Crippen LogP contribution in [0.2, 0.25) is 0 Å². The van der Waals surface area contributed by atoms with Crippen LogP contribution in [0, 0.1) is 19.7 Å². The van der Waals surface area contributed by atoms with Crippen LogP contribution in [-0.4, -0.2) is 50.0 Å². The van der Waals surface area contributed by atoms with Crippen LogP contribution in [0.3, 0.4) is 0 Å². The van der Waals surface area contributed by atoms with Gasteiger partial charge in [0.05, 0.1) is 11.9 Å². The van der Waals surface area contributed by atoms with Gasteiger partial charge in [0, 0.05) is 18.2 Å². The van der Waals surface area contributed by atoms with E-state index in [0.717, 1.165) is 41.8 Å². The van der Waals surface area contributed by atoms with E-state index in [1.165, 1.54) is 11.0 Å². The summed E-state index contributed by atoms with van der Waals surface area (Å²) in [6, 6.07) is 10.6. The van der Waals surface area contributed by atoms with Crippen LogP contribution < -0.4 is 9.62 Å². The zero-order chi connectivity index (χ0) is 25.8. The van der Waals surface area contributed by atoms with E-state index in [0.29, 0.717) is 11.3 Å². The number of benzene rings is 2. The van der Waals surface area contributed by atoms with E-state index in [1.807, 2.05) is 13.0 Å². The van der Waals surface area contributed by atoms with Crippen molar-refractivity contribution in [3.8, 4) is 0 Å². The second-order valence-corrected chi connectivity index (χ2v) is 11.2. The molecule has 3 rings (SSSR count). The van der Waals surface area contributed by atoms with E-state index in [-0.39, 0.29) is 24.1 Å². The maximum atomic E-state index is 14.5. The van der Waals surface area contributed by atoms with Crippen molar-refractivity contribution in [2.45, 2.75) is 65.1 Å². The average molecular weight is 504 g/mol. The molecule has 0 radical (unpaired) electrons. The molecule has 2 amide bonds. The number of nitrogens with zero attached hydrogens (tertiary/aromatic N) is 2. The van der Waals surface area contributed by atoms with Gasteiger partial charge in [0.2, 0.25) is 21.8 Å². The number of amides is 2. The molecule has 1 aliphatic rings. The Morgan fingerprint density at radius 3 is 2.40 bits per heavy atom. The van der Waals surface area contributed by atoms with Gasteiger partial charge in [-0.3, -0.25) is 13.9 Å². The molecule has 2 aromatic rings. The van der Waals surface area contributed by atoms with Gasteiger partial charge in [-0.1, -0.05) is 43.2 Å². The minimum Gasteiger partial charge on any atom is -0.352 e. The number of sulfonamides is 1. The largest absolute Gasteiger partial charge is 0.352 e. The highest BCUT2D eigenvalue weighted by Crippen LogP contribution is 2.25. The quantitative estimate of drug-likeness (QED) is 0.566. The Balaban J connectivity index is 1.92. The number of aryl methyl sites for hydroxylation is 2. The average Bonchev–Trinajstić information content (AvgIpc) is 3.30. The second kappa shape index (κ2) is 11.2. The lowest BCUT2D eigenvalue weighted by molar-refractivity contribution is -0.139. The van der Waals surface area contributed by atoms with E-state index in [2.05, 4.69) is 5.32 Å². The van der Waals surface area contributed by atoms with Gasteiger partial charge in [-0.05, 0) is 56.9 Å². The molecular formula is C26H34FN3O4S. The first-order valence-electron chi connectivity index (χ1n) is 11.9. The number of carbonyl (C=O) groups is 2. The first-order valence-corrected chi connectivity index (χ1v) is 13.7. The Labute approximate surface area is 207 Å². The Hall–Kier alpha value is -2.94. The molecule has 0 saturated heterocycles. The highest BCUT2D eigenvalue weighted by atomic mass is 32.2. The van der Waals surface area contributed by atoms with E-state index in [4.69, 9.17) is 0 Å². The predicted molar refractivity (Wildman–Crippen MR) is 135 cm³/mol. The van der Waals surface area contributed by atoms with E-state index in [1.54, 1.807) is 44.2 Å². The molecule has 0 unspecified atom stereocenters. The van der Waals surface area contributed by atoms with Crippen LogP contribution in [0.1, 0.15) is 49.3 Å². The number of anilines is 1. The summed E-state index contributed by atoms with van der Waals surface area (Å²) >= 11 is 0. The van der Waals surface area contributed by atoms with Crippen LogP contribution >= 0.6 is 0 Å². The molecule has 2 aromatic carbocycles. The van der Waals surface area contributed by atoms with Crippen LogP contribution in [-0.2, 0) is 26.2 Å². The summed E-state index contributed by atoms with van der Waals surface area (Å²) in [5, 5.41) is 2.99. The molecular weight excluding hydrogens is 469 g/mol. The fourth-order valence-corrected chi connectivity index (χ4v) is 5.27. The third-order valence-electron chi connectivity index (χ3n) is 6.48. The molecule has 1 atom stereocenters. The first kappa shape index (κ1) is 26.7. The zero-order valence-electron chi connectivity index (χ0n) is 20.8. The minimum absolute atomic E-state index is 0.0535. The summed E-state index contributed by atoms with van der Waals surface area (Å²) in [4.78, 5) is 27.9. The molecule has 7 nitrogen and oxygen atoms in total. The van der Waals surface area contributed by atoms with Gasteiger partial charge < -0.3 is 10.2 Å². The SMILES string of the molecule is Cc1ccc(C)c(N(CC(=O)N(Cc2ccccc2F)[C@H](C)C(=O)NC2CCCC2)S(C)(=O)=O)c1. The Kier molecular flexibility index (Phi) is 8.53. The van der Waals surface area contributed by atoms with Crippen molar-refractivity contribution in [3.63, 3.8) is 0 Å². The van der Waals surface area contributed by atoms with Crippen molar-refractivity contribution < 1.29 is 22.4 Å². The number of carbonyl (C=O) groups excluding carboxylic acids is 2. The highest BCUT2D eigenvalue weighted by Gasteiger charge is 2.32. The number of halogens is 1. The second-order valence-electron chi connectivity index (χ2n) is 9.34. The lowest BCUT2D eigenvalue weighted by Gasteiger charge is -2.32. The maximum Gasteiger partial charge on any atom is 0.244 e. The van der Waals surface area contributed by atoms with Crippen molar-refractivity contribution in [1.82, 2.24) is 10.2 Å². The summed E-state index contributed by atoms with van der Waals surface area (Å²) in [5.74, 6) is -1.42. The van der Waals surface area contributed by atoms with Gasteiger partial charge in [-0.2, -0.15) is 0 Å². The number of hydrogen-bond donors (Lipinski definition) is 1. The van der Waals surface area contributed by atoms with Crippen molar-refractivity contribution in [1.29, 1.82) is 0 Å². The van der Waals surface area contributed by atoms with Gasteiger partial charge >= 0.3 is 0 Å². The molecule has 0 heterocycles. The molecule has 0 aromatic heterocycles. The van der Waals surface area contributed by atoms with E-state index in [9.17, 15) is 22.4 Å². The van der Waals surface area contributed by atoms with Crippen LogP contribution in [0.15, 0.2) is 42.5 Å². The molecule has 0 aliphatic heterocycles. The summed E-state index contributed by atoms with van der Waals surface area (Å²) in [6.07, 6.45) is 4.88.